The van der Waals surface area contributed by atoms with Crippen LogP contribution in [0.5, 0.6) is 0 Å². The highest BCUT2D eigenvalue weighted by atomic mass is 19.4. The van der Waals surface area contributed by atoms with Gasteiger partial charge in [-0.3, -0.25) is 4.68 Å². The van der Waals surface area contributed by atoms with Gasteiger partial charge < -0.3 is 15.4 Å². The first-order valence-electron chi connectivity index (χ1n) is 10.5. The molecular formula is C21H21F4N7O. The van der Waals surface area contributed by atoms with Gasteiger partial charge in [-0.25, -0.2) is 4.39 Å². The predicted molar refractivity (Wildman–Crippen MR) is 111 cm³/mol. The molecule has 2 N–H and O–H groups in total. The van der Waals surface area contributed by atoms with Crippen molar-refractivity contribution in [3.05, 3.63) is 47.5 Å². The summed E-state index contributed by atoms with van der Waals surface area (Å²) in [5.74, 6) is -1.19. The number of halogens is 4. The van der Waals surface area contributed by atoms with Gasteiger partial charge in [0, 0.05) is 18.3 Å². The molecule has 1 saturated heterocycles. The molecule has 174 valence electrons. The molecule has 0 radical (unpaired) electrons. The second kappa shape index (κ2) is 7.94. The Hall–Kier alpha value is -3.28. The molecule has 1 aliphatic carbocycles. The van der Waals surface area contributed by atoms with E-state index < -0.39 is 17.6 Å². The zero-order valence-electron chi connectivity index (χ0n) is 17.6. The number of ether oxygens (including phenoxy) is 1. The third kappa shape index (κ3) is 4.47. The summed E-state index contributed by atoms with van der Waals surface area (Å²) in [6, 6.07) is 2.63. The topological polar surface area (TPSA) is 95.0 Å². The molecule has 5 rings (SSSR count). The average Bonchev–Trinajstić information content (AvgIpc) is 3.48. The van der Waals surface area contributed by atoms with Gasteiger partial charge in [0.15, 0.2) is 5.82 Å². The molecule has 2 aromatic heterocycles. The van der Waals surface area contributed by atoms with E-state index in [4.69, 9.17) is 10.5 Å². The van der Waals surface area contributed by atoms with Crippen molar-refractivity contribution in [1.29, 1.82) is 0 Å². The van der Waals surface area contributed by atoms with Crippen molar-refractivity contribution in [2.75, 3.05) is 23.7 Å². The quantitative estimate of drug-likeness (QED) is 0.589. The van der Waals surface area contributed by atoms with E-state index in [0.29, 0.717) is 25.2 Å². The second-order valence-electron chi connectivity index (χ2n) is 8.33. The maximum atomic E-state index is 14.5. The smallest absolute Gasteiger partial charge is 0.368 e. The summed E-state index contributed by atoms with van der Waals surface area (Å²) >= 11 is 0. The number of nitrogen functional groups attached to an aromatic ring is 1. The van der Waals surface area contributed by atoms with Crippen LogP contribution in [0.2, 0.25) is 0 Å². The van der Waals surface area contributed by atoms with Gasteiger partial charge in [-0.1, -0.05) is 0 Å². The van der Waals surface area contributed by atoms with Gasteiger partial charge in [0.25, 0.3) is 0 Å². The number of hydrogen-bond acceptors (Lipinski definition) is 7. The van der Waals surface area contributed by atoms with Crippen LogP contribution in [0.1, 0.15) is 43.0 Å². The molecular weight excluding hydrogens is 442 g/mol. The Balaban J connectivity index is 1.43. The van der Waals surface area contributed by atoms with E-state index in [9.17, 15) is 17.6 Å². The van der Waals surface area contributed by atoms with Crippen LogP contribution in [0.25, 0.3) is 11.4 Å². The Kier molecular flexibility index (Phi) is 5.19. The number of anilines is 2. The molecule has 0 unspecified atom stereocenters. The van der Waals surface area contributed by atoms with E-state index in [1.807, 2.05) is 22.7 Å². The first kappa shape index (κ1) is 21.6. The van der Waals surface area contributed by atoms with Gasteiger partial charge in [-0.05, 0) is 38.0 Å². The Morgan fingerprint density at radius 2 is 1.91 bits per heavy atom. The SMILES string of the molecule is C[C@@H]1CN(c2nc(N)nc(-c3ccc(C(F)(F)F)cc3F)n2)C[C@H](c2cnn(C3CC3)c2)O1. The van der Waals surface area contributed by atoms with E-state index in [2.05, 4.69) is 20.1 Å². The highest BCUT2D eigenvalue weighted by molar-refractivity contribution is 5.59. The minimum Gasteiger partial charge on any atom is -0.368 e. The van der Waals surface area contributed by atoms with Crippen molar-refractivity contribution >= 4 is 11.9 Å². The van der Waals surface area contributed by atoms with Crippen LogP contribution in [-0.2, 0) is 10.9 Å². The number of aromatic nitrogens is 5. The fourth-order valence-corrected chi connectivity index (χ4v) is 3.87. The van der Waals surface area contributed by atoms with Crippen molar-refractivity contribution in [2.24, 2.45) is 0 Å². The summed E-state index contributed by atoms with van der Waals surface area (Å²) in [5.41, 5.74) is 5.48. The predicted octanol–water partition coefficient (Wildman–Crippen LogP) is 3.78. The lowest BCUT2D eigenvalue weighted by Crippen LogP contribution is -2.43. The molecule has 12 heteroatoms. The fourth-order valence-electron chi connectivity index (χ4n) is 3.87. The standard InChI is InChI=1S/C21H21F4N7O/c1-11-8-31(10-17(33-11)12-7-27-32(9-12)14-3-4-14)20-29-18(28-19(26)30-20)15-5-2-13(6-16(15)22)21(23,24)25/h2,5-7,9,11,14,17H,3-4,8,10H2,1H3,(H2,26,28,29,30)/t11-,17-/m1/s1. The minimum atomic E-state index is -4.66. The highest BCUT2D eigenvalue weighted by Crippen LogP contribution is 2.36. The van der Waals surface area contributed by atoms with Crippen LogP contribution in [-0.4, -0.2) is 43.9 Å². The lowest BCUT2D eigenvalue weighted by atomic mass is 10.1. The number of nitrogens with two attached hydrogens (primary N) is 1. The molecule has 33 heavy (non-hydrogen) atoms. The third-order valence-electron chi connectivity index (χ3n) is 5.64. The summed E-state index contributed by atoms with van der Waals surface area (Å²) in [4.78, 5) is 14.3. The molecule has 0 spiro atoms. The van der Waals surface area contributed by atoms with E-state index in [1.54, 1.807) is 6.20 Å². The second-order valence-corrected chi connectivity index (χ2v) is 8.33. The summed E-state index contributed by atoms with van der Waals surface area (Å²) in [5, 5.41) is 4.41. The Morgan fingerprint density at radius 3 is 2.61 bits per heavy atom. The third-order valence-corrected chi connectivity index (χ3v) is 5.64. The molecule has 0 amide bonds. The van der Waals surface area contributed by atoms with Crippen molar-refractivity contribution in [1.82, 2.24) is 24.7 Å². The molecule has 1 aliphatic heterocycles. The number of hydrogen-bond donors (Lipinski definition) is 1. The van der Waals surface area contributed by atoms with E-state index >= 15 is 0 Å². The highest BCUT2D eigenvalue weighted by Gasteiger charge is 2.33. The molecule has 0 bridgehead atoms. The van der Waals surface area contributed by atoms with E-state index in [-0.39, 0.29) is 35.5 Å². The van der Waals surface area contributed by atoms with Crippen molar-refractivity contribution in [2.45, 2.75) is 44.2 Å². The Morgan fingerprint density at radius 1 is 1.12 bits per heavy atom. The molecule has 3 aromatic rings. The Bertz CT molecular complexity index is 1180. The first-order chi connectivity index (χ1) is 15.7. The van der Waals surface area contributed by atoms with Crippen LogP contribution >= 0.6 is 0 Å². The normalized spacial score (nSPS) is 21.4. The first-order valence-corrected chi connectivity index (χ1v) is 10.5. The largest absolute Gasteiger partial charge is 0.416 e. The van der Waals surface area contributed by atoms with Crippen molar-refractivity contribution in [3.8, 4) is 11.4 Å². The minimum absolute atomic E-state index is 0.138. The lowest BCUT2D eigenvalue weighted by molar-refractivity contribution is -0.137. The summed E-state index contributed by atoms with van der Waals surface area (Å²) < 4.78 is 61.2. The van der Waals surface area contributed by atoms with Gasteiger partial charge in [0.1, 0.15) is 11.9 Å². The monoisotopic (exact) mass is 463 g/mol. The molecule has 3 heterocycles. The number of benzene rings is 1. The average molecular weight is 463 g/mol. The lowest BCUT2D eigenvalue weighted by Gasteiger charge is -2.36. The van der Waals surface area contributed by atoms with Gasteiger partial charge >= 0.3 is 6.18 Å². The summed E-state index contributed by atoms with van der Waals surface area (Å²) in [6.45, 7) is 2.76. The zero-order valence-corrected chi connectivity index (χ0v) is 17.6. The molecule has 1 saturated carbocycles. The number of rotatable bonds is 4. The van der Waals surface area contributed by atoms with Crippen molar-refractivity contribution in [3.63, 3.8) is 0 Å². The zero-order chi connectivity index (χ0) is 23.3. The maximum Gasteiger partial charge on any atom is 0.416 e. The molecule has 2 fully saturated rings. The molecule has 2 aliphatic rings. The van der Waals surface area contributed by atoms with Gasteiger partial charge in [-0.2, -0.15) is 33.2 Å². The number of morpholine rings is 1. The maximum absolute atomic E-state index is 14.5. The van der Waals surface area contributed by atoms with E-state index in [0.717, 1.165) is 30.5 Å². The number of nitrogens with zero attached hydrogens (tertiary/aromatic N) is 6. The molecule has 1 aromatic carbocycles. The van der Waals surface area contributed by atoms with Crippen LogP contribution in [0.3, 0.4) is 0 Å². The fraction of sp³-hybridized carbons (Fsp3) is 0.429. The van der Waals surface area contributed by atoms with Gasteiger partial charge in [0.05, 0.1) is 36.0 Å². The molecule has 2 atom stereocenters. The number of alkyl halides is 3. The Labute approximate surface area is 186 Å². The van der Waals surface area contributed by atoms with Crippen LogP contribution in [0.15, 0.2) is 30.6 Å². The van der Waals surface area contributed by atoms with Crippen molar-refractivity contribution < 1.29 is 22.3 Å². The summed E-state index contributed by atoms with van der Waals surface area (Å²) in [7, 11) is 0. The summed E-state index contributed by atoms with van der Waals surface area (Å²) in [6.07, 6.45) is 0.871. The molecule has 8 nitrogen and oxygen atoms in total. The van der Waals surface area contributed by atoms with Gasteiger partial charge in [-0.15, -0.1) is 0 Å². The van der Waals surface area contributed by atoms with Crippen LogP contribution < -0.4 is 10.6 Å². The van der Waals surface area contributed by atoms with Crippen LogP contribution in [0.4, 0.5) is 29.5 Å². The van der Waals surface area contributed by atoms with Crippen LogP contribution in [0, 0.1) is 5.82 Å². The van der Waals surface area contributed by atoms with E-state index in [1.165, 1.54) is 0 Å². The van der Waals surface area contributed by atoms with Gasteiger partial charge in [0.2, 0.25) is 11.9 Å².